The van der Waals surface area contributed by atoms with Crippen molar-refractivity contribution in [2.75, 3.05) is 13.2 Å². The van der Waals surface area contributed by atoms with Crippen LogP contribution in [0.15, 0.2) is 85.1 Å². The van der Waals surface area contributed by atoms with E-state index in [9.17, 15) is 14.4 Å². The average Bonchev–Trinajstić information content (AvgIpc) is 3.27. The Hall–Kier alpha value is -3.41. The van der Waals surface area contributed by atoms with Gasteiger partial charge in [0.05, 0.1) is 0 Å². The molecule has 0 aliphatic rings. The Bertz CT molecular complexity index is 1220. The van der Waals surface area contributed by atoms with Gasteiger partial charge in [-0.3, -0.25) is 14.4 Å². The van der Waals surface area contributed by atoms with Gasteiger partial charge in [0.2, 0.25) is 0 Å². The number of carbonyl (C=O) groups excluding carboxylic acids is 3. The third kappa shape index (κ3) is 47.6. The van der Waals surface area contributed by atoms with Crippen molar-refractivity contribution in [2.45, 2.75) is 239 Å². The van der Waals surface area contributed by atoms with Gasteiger partial charge in [-0.25, -0.2) is 0 Å². The van der Waals surface area contributed by atoms with Crippen LogP contribution in [0, 0.1) is 0 Å². The van der Waals surface area contributed by atoms with E-state index in [4.69, 9.17) is 14.2 Å². The monoisotopic (exact) mass is 863 g/mol. The van der Waals surface area contributed by atoms with Crippen LogP contribution in [0.25, 0.3) is 0 Å². The summed E-state index contributed by atoms with van der Waals surface area (Å²) in [6, 6.07) is 0. The fourth-order valence-corrected chi connectivity index (χ4v) is 6.85. The van der Waals surface area contributed by atoms with Crippen molar-refractivity contribution in [3.05, 3.63) is 85.1 Å². The molecule has 0 heterocycles. The highest BCUT2D eigenvalue weighted by atomic mass is 16.6. The molecule has 354 valence electrons. The summed E-state index contributed by atoms with van der Waals surface area (Å²) in [5, 5.41) is 0. The van der Waals surface area contributed by atoms with E-state index in [-0.39, 0.29) is 31.1 Å². The minimum Gasteiger partial charge on any atom is -0.462 e. The molecule has 0 radical (unpaired) electrons. The molecule has 0 aromatic heterocycles. The minimum absolute atomic E-state index is 0.0977. The number of ether oxygens (including phenoxy) is 3. The number of hydrogen-bond donors (Lipinski definition) is 0. The number of carbonyl (C=O) groups is 3. The molecule has 0 aliphatic heterocycles. The van der Waals surface area contributed by atoms with Gasteiger partial charge in [-0.15, -0.1) is 0 Å². The predicted octanol–water partition coefficient (Wildman–Crippen LogP) is 16.8. The summed E-state index contributed by atoms with van der Waals surface area (Å²) in [5.74, 6) is -0.949. The molecule has 0 aromatic carbocycles. The Morgan fingerprint density at radius 3 is 1.10 bits per heavy atom. The Kier molecular flexibility index (Phi) is 47.5. The van der Waals surface area contributed by atoms with Crippen molar-refractivity contribution in [3.63, 3.8) is 0 Å². The van der Waals surface area contributed by atoms with E-state index in [0.717, 1.165) is 109 Å². The largest absolute Gasteiger partial charge is 0.462 e. The molecule has 0 aliphatic carbocycles. The molecule has 0 N–H and O–H groups in total. The number of hydrogen-bond acceptors (Lipinski definition) is 6. The fraction of sp³-hybridized carbons (Fsp3) is 0.696. The molecule has 1 atom stereocenters. The van der Waals surface area contributed by atoms with E-state index in [1.54, 1.807) is 0 Å². The Morgan fingerprint density at radius 1 is 0.339 bits per heavy atom. The molecule has 6 heteroatoms. The highest BCUT2D eigenvalue weighted by Gasteiger charge is 2.19. The maximum atomic E-state index is 12.8. The molecule has 0 saturated carbocycles. The van der Waals surface area contributed by atoms with Crippen LogP contribution in [-0.4, -0.2) is 37.2 Å². The highest BCUT2D eigenvalue weighted by Crippen LogP contribution is 2.13. The van der Waals surface area contributed by atoms with E-state index in [2.05, 4.69) is 87.6 Å². The average molecular weight is 863 g/mol. The third-order valence-corrected chi connectivity index (χ3v) is 10.7. The topological polar surface area (TPSA) is 78.9 Å². The lowest BCUT2D eigenvalue weighted by Crippen LogP contribution is -2.30. The van der Waals surface area contributed by atoms with Gasteiger partial charge < -0.3 is 14.2 Å². The number of esters is 3. The van der Waals surface area contributed by atoms with E-state index in [0.29, 0.717) is 19.3 Å². The minimum atomic E-state index is -0.798. The summed E-state index contributed by atoms with van der Waals surface area (Å²) < 4.78 is 16.8. The van der Waals surface area contributed by atoms with Crippen LogP contribution in [0.5, 0.6) is 0 Å². The Morgan fingerprint density at radius 2 is 0.645 bits per heavy atom. The summed E-state index contributed by atoms with van der Waals surface area (Å²) >= 11 is 0. The van der Waals surface area contributed by atoms with Crippen LogP contribution in [0.3, 0.4) is 0 Å². The lowest BCUT2D eigenvalue weighted by molar-refractivity contribution is -0.167. The zero-order valence-electron chi connectivity index (χ0n) is 40.4. The van der Waals surface area contributed by atoms with Crippen molar-refractivity contribution in [2.24, 2.45) is 0 Å². The summed E-state index contributed by atoms with van der Waals surface area (Å²) in [5.41, 5.74) is 0. The summed E-state index contributed by atoms with van der Waals surface area (Å²) in [6.07, 6.45) is 64.1. The van der Waals surface area contributed by atoms with Crippen LogP contribution in [-0.2, 0) is 28.6 Å². The van der Waals surface area contributed by atoms with Gasteiger partial charge >= 0.3 is 17.9 Å². The second kappa shape index (κ2) is 50.2. The third-order valence-electron chi connectivity index (χ3n) is 10.7. The van der Waals surface area contributed by atoms with E-state index >= 15 is 0 Å². The van der Waals surface area contributed by atoms with Gasteiger partial charge in [0.1, 0.15) is 13.2 Å². The molecule has 1 unspecified atom stereocenters. The first kappa shape index (κ1) is 58.6. The van der Waals surface area contributed by atoms with Crippen LogP contribution >= 0.6 is 0 Å². The van der Waals surface area contributed by atoms with E-state index < -0.39 is 6.10 Å². The molecular weight excluding hydrogens is 769 g/mol. The number of rotatable bonds is 45. The Labute approximate surface area is 382 Å². The van der Waals surface area contributed by atoms with E-state index in [1.165, 1.54) is 83.5 Å². The SMILES string of the molecule is CC\C=C/C=C\C=C/C=C\CCCCCCCC(=O)OCC(COC(=O)CCCCC/C=C\CCCCCCCCC)OC(=O)CCCCCCCC/C=C\C=C/CCCCC. The molecule has 0 fully saturated rings. The quantitative estimate of drug-likeness (QED) is 0.0199. The van der Waals surface area contributed by atoms with Crippen molar-refractivity contribution in [3.8, 4) is 0 Å². The van der Waals surface area contributed by atoms with Gasteiger partial charge in [0, 0.05) is 19.3 Å². The maximum Gasteiger partial charge on any atom is 0.306 e. The summed E-state index contributed by atoms with van der Waals surface area (Å²) in [6.45, 7) is 6.42. The molecule has 0 amide bonds. The van der Waals surface area contributed by atoms with Crippen LogP contribution in [0.1, 0.15) is 233 Å². The zero-order valence-corrected chi connectivity index (χ0v) is 40.4. The van der Waals surface area contributed by atoms with Gasteiger partial charge in [-0.2, -0.15) is 0 Å². The van der Waals surface area contributed by atoms with Crippen molar-refractivity contribution in [1.29, 1.82) is 0 Å². The molecule has 6 nitrogen and oxygen atoms in total. The van der Waals surface area contributed by atoms with E-state index in [1.807, 2.05) is 18.2 Å². The second-order valence-corrected chi connectivity index (χ2v) is 16.8. The second-order valence-electron chi connectivity index (χ2n) is 16.8. The maximum absolute atomic E-state index is 12.8. The van der Waals surface area contributed by atoms with Crippen LogP contribution in [0.2, 0.25) is 0 Å². The van der Waals surface area contributed by atoms with Gasteiger partial charge in [0.15, 0.2) is 6.10 Å². The Balaban J connectivity index is 4.48. The van der Waals surface area contributed by atoms with Crippen molar-refractivity contribution >= 4 is 17.9 Å². The lowest BCUT2D eigenvalue weighted by Gasteiger charge is -2.18. The molecule has 0 bridgehead atoms. The first-order valence-electron chi connectivity index (χ1n) is 25.7. The number of unbranched alkanes of at least 4 members (excludes halogenated alkanes) is 24. The van der Waals surface area contributed by atoms with Crippen molar-refractivity contribution < 1.29 is 28.6 Å². The fourth-order valence-electron chi connectivity index (χ4n) is 6.85. The molecular formula is C56H94O6. The summed E-state index contributed by atoms with van der Waals surface area (Å²) in [7, 11) is 0. The number of allylic oxidation sites excluding steroid dienone is 14. The molecule has 0 aromatic rings. The smallest absolute Gasteiger partial charge is 0.306 e. The summed E-state index contributed by atoms with van der Waals surface area (Å²) in [4.78, 5) is 38.0. The predicted molar refractivity (Wildman–Crippen MR) is 265 cm³/mol. The standard InChI is InChI=1S/C56H94O6/c1-4-7-10-13-16-19-22-25-28-31-34-37-40-43-46-49-55(58)61-52-53(51-60-54(57)48-45-42-39-36-33-30-27-24-21-18-15-12-9-6-3)62-56(59)50-47-44-41-38-35-32-29-26-23-20-17-14-11-8-5-2/h7,10,13,16-17,19-20,22-23,25-26,28,30,33,53H,4-6,8-9,11-12,14-15,18,21,24,27,29,31-32,34-52H2,1-3H3/b10-7-,16-13-,20-17-,22-19-,26-23-,28-25-,33-30-. The van der Waals surface area contributed by atoms with Crippen molar-refractivity contribution in [1.82, 2.24) is 0 Å². The van der Waals surface area contributed by atoms with Gasteiger partial charge in [-0.05, 0) is 89.9 Å². The van der Waals surface area contributed by atoms with Crippen LogP contribution < -0.4 is 0 Å². The normalized spacial score (nSPS) is 12.8. The van der Waals surface area contributed by atoms with Gasteiger partial charge in [0.25, 0.3) is 0 Å². The first-order valence-corrected chi connectivity index (χ1v) is 25.7. The molecule has 0 spiro atoms. The lowest BCUT2D eigenvalue weighted by atomic mass is 10.1. The highest BCUT2D eigenvalue weighted by molar-refractivity contribution is 5.71. The molecule has 62 heavy (non-hydrogen) atoms. The molecule has 0 rings (SSSR count). The molecule has 0 saturated heterocycles. The first-order chi connectivity index (χ1) is 30.5. The zero-order chi connectivity index (χ0) is 45.1. The van der Waals surface area contributed by atoms with Gasteiger partial charge in [-0.1, -0.05) is 209 Å². The van der Waals surface area contributed by atoms with Crippen LogP contribution in [0.4, 0.5) is 0 Å².